The number of benzene rings is 1. The third-order valence-electron chi connectivity index (χ3n) is 2.52. The van der Waals surface area contributed by atoms with Gasteiger partial charge in [0.2, 0.25) is 0 Å². The number of thioether (sulfide) groups is 1. The SMILES string of the molecule is CC1C=c2ccc3c(c2S1)C=CC=3.[Cl-].[Cl-].[Cl-].[Nd+3]. The molecule has 0 saturated heterocycles. The summed E-state index contributed by atoms with van der Waals surface area (Å²) in [5, 5.41) is 3.42. The first kappa shape index (κ1) is 20.6. The van der Waals surface area contributed by atoms with Crippen molar-refractivity contribution >= 4 is 30.0 Å². The fourth-order valence-corrected chi connectivity index (χ4v) is 3.10. The second-order valence-electron chi connectivity index (χ2n) is 3.50. The summed E-state index contributed by atoms with van der Waals surface area (Å²) in [6.45, 7) is 2.25. The van der Waals surface area contributed by atoms with E-state index >= 15 is 0 Å². The van der Waals surface area contributed by atoms with Crippen molar-refractivity contribution in [1.82, 2.24) is 0 Å². The first-order valence-electron chi connectivity index (χ1n) is 4.54. The van der Waals surface area contributed by atoms with Gasteiger partial charge in [0.15, 0.2) is 0 Å². The first-order valence-corrected chi connectivity index (χ1v) is 5.42. The maximum Gasteiger partial charge on any atom is 3.00 e. The molecule has 1 heterocycles. The molecular formula is C12H10Cl3NdS. The molecule has 0 N–H and O–H groups in total. The molecule has 5 heteroatoms. The Morgan fingerprint density at radius 3 is 2.41 bits per heavy atom. The summed E-state index contributed by atoms with van der Waals surface area (Å²) in [7, 11) is 0. The minimum atomic E-state index is 0. The van der Waals surface area contributed by atoms with Crippen LogP contribution in [0.3, 0.4) is 0 Å². The predicted octanol–water partition coefficient (Wildman–Crippen LogP) is -7.22. The average Bonchev–Trinajstić information content (AvgIpc) is 2.65. The second-order valence-corrected chi connectivity index (χ2v) is 4.89. The molecule has 1 aromatic carbocycles. The second kappa shape index (κ2) is 8.44. The summed E-state index contributed by atoms with van der Waals surface area (Å²) in [6.07, 6.45) is 8.87. The van der Waals surface area contributed by atoms with E-state index in [1.807, 2.05) is 11.8 Å². The molecule has 1 unspecified atom stereocenters. The molecule has 0 nitrogen and oxygen atoms in total. The van der Waals surface area contributed by atoms with Crippen molar-refractivity contribution in [2.45, 2.75) is 17.1 Å². The van der Waals surface area contributed by atoms with E-state index in [4.69, 9.17) is 0 Å². The van der Waals surface area contributed by atoms with E-state index < -0.39 is 0 Å². The smallest absolute Gasteiger partial charge is 1.00 e. The Labute approximate surface area is 157 Å². The Balaban J connectivity index is 0. The zero-order valence-corrected chi connectivity index (χ0v) is 15.4. The zero-order valence-electron chi connectivity index (χ0n) is 9.08. The van der Waals surface area contributed by atoms with Crippen LogP contribution in [0, 0.1) is 40.8 Å². The minimum Gasteiger partial charge on any atom is -1.00 e. The van der Waals surface area contributed by atoms with Crippen LogP contribution in [0.1, 0.15) is 12.5 Å². The number of rotatable bonds is 0. The Kier molecular flexibility index (Phi) is 10.2. The van der Waals surface area contributed by atoms with Crippen molar-refractivity contribution < 1.29 is 78.1 Å². The molecule has 1 aliphatic heterocycles. The number of hydrogen-bond acceptors (Lipinski definition) is 1. The van der Waals surface area contributed by atoms with E-state index in [9.17, 15) is 0 Å². The van der Waals surface area contributed by atoms with Crippen molar-refractivity contribution in [1.29, 1.82) is 0 Å². The Morgan fingerprint density at radius 1 is 1.06 bits per heavy atom. The summed E-state index contributed by atoms with van der Waals surface area (Å²) in [5.41, 5.74) is 1.42. The van der Waals surface area contributed by atoms with Gasteiger partial charge in [-0.05, 0) is 22.9 Å². The summed E-state index contributed by atoms with van der Waals surface area (Å²) in [4.78, 5) is 1.47. The molecule has 0 saturated carbocycles. The van der Waals surface area contributed by atoms with Gasteiger partial charge in [0.25, 0.3) is 0 Å². The minimum absolute atomic E-state index is 0. The number of fused-ring (bicyclic) bond motifs is 3. The maximum absolute atomic E-state index is 2.34. The molecule has 0 bridgehead atoms. The predicted molar refractivity (Wildman–Crippen MR) is 59.0 cm³/mol. The molecule has 0 fully saturated rings. The molecule has 0 amide bonds. The fraction of sp³-hybridized carbons (Fsp3) is 0.167. The molecule has 89 valence electrons. The first-order chi connectivity index (χ1) is 6.34. The third-order valence-corrected chi connectivity index (χ3v) is 3.72. The number of hydrogen-bond donors (Lipinski definition) is 0. The van der Waals surface area contributed by atoms with Gasteiger partial charge in [0.1, 0.15) is 0 Å². The van der Waals surface area contributed by atoms with Gasteiger partial charge in [-0.15, -0.1) is 11.8 Å². The zero-order chi connectivity index (χ0) is 8.84. The van der Waals surface area contributed by atoms with Crippen LogP contribution >= 0.6 is 11.8 Å². The Morgan fingerprint density at radius 2 is 1.71 bits per heavy atom. The summed E-state index contributed by atoms with van der Waals surface area (Å²) < 4.78 is 0. The Bertz CT molecular complexity index is 525. The Hall–Kier alpha value is 1.27. The molecule has 1 aromatic rings. The van der Waals surface area contributed by atoms with Gasteiger partial charge in [0.05, 0.1) is 0 Å². The van der Waals surface area contributed by atoms with Gasteiger partial charge in [-0.1, -0.05) is 36.4 Å². The molecule has 3 rings (SSSR count). The molecule has 1 aliphatic carbocycles. The molecule has 1 atom stereocenters. The maximum atomic E-state index is 2.34. The van der Waals surface area contributed by atoms with Gasteiger partial charge >= 0.3 is 40.8 Å². The van der Waals surface area contributed by atoms with Gasteiger partial charge in [-0.3, -0.25) is 0 Å². The van der Waals surface area contributed by atoms with Crippen molar-refractivity contribution in [2.75, 3.05) is 0 Å². The number of allylic oxidation sites excluding steroid dienone is 1. The molecule has 0 spiro atoms. The van der Waals surface area contributed by atoms with Crippen molar-refractivity contribution in [2.24, 2.45) is 0 Å². The van der Waals surface area contributed by atoms with E-state index in [0.29, 0.717) is 5.25 Å². The van der Waals surface area contributed by atoms with Gasteiger partial charge in [-0.2, -0.15) is 0 Å². The third kappa shape index (κ3) is 3.87. The van der Waals surface area contributed by atoms with Crippen molar-refractivity contribution in [3.05, 3.63) is 34.2 Å². The average molecular weight is 437 g/mol. The van der Waals surface area contributed by atoms with Crippen LogP contribution in [-0.4, -0.2) is 5.25 Å². The van der Waals surface area contributed by atoms with Crippen LogP contribution in [0.4, 0.5) is 0 Å². The van der Waals surface area contributed by atoms with E-state index in [1.54, 1.807) is 0 Å². The molecule has 17 heavy (non-hydrogen) atoms. The largest absolute Gasteiger partial charge is 3.00 e. The van der Waals surface area contributed by atoms with Crippen LogP contribution < -0.4 is 47.7 Å². The standard InChI is InChI=1S/C12H10S.3ClH.Nd/c1-8-7-10-6-5-9-3-2-4-11(9)12(10)13-8;;;;/h2-8H,1H3;3*1H;/q;;;;+3/p-3. The quantitative estimate of drug-likeness (QED) is 0.389. The van der Waals surface area contributed by atoms with Gasteiger partial charge in [-0.25, -0.2) is 0 Å². The molecule has 0 aromatic heterocycles. The van der Waals surface area contributed by atoms with Crippen LogP contribution in [0.15, 0.2) is 23.1 Å². The fourth-order valence-electron chi connectivity index (χ4n) is 1.93. The normalized spacial score (nSPS) is 16.9. The monoisotopic (exact) mass is 433 g/mol. The van der Waals surface area contributed by atoms with Crippen LogP contribution in [0.2, 0.25) is 0 Å². The van der Waals surface area contributed by atoms with Crippen LogP contribution in [-0.2, 0) is 0 Å². The summed E-state index contributed by atoms with van der Waals surface area (Å²) in [5.74, 6) is 0. The molecular weight excluding hydrogens is 427 g/mol. The van der Waals surface area contributed by atoms with E-state index in [1.165, 1.54) is 20.9 Å². The van der Waals surface area contributed by atoms with Crippen molar-refractivity contribution in [3.8, 4) is 0 Å². The van der Waals surface area contributed by atoms with Crippen LogP contribution in [0.5, 0.6) is 0 Å². The molecule has 1 radical (unpaired) electrons. The van der Waals surface area contributed by atoms with E-state index in [0.717, 1.165) is 0 Å². The van der Waals surface area contributed by atoms with Crippen molar-refractivity contribution in [3.63, 3.8) is 0 Å². The number of halogens is 3. The van der Waals surface area contributed by atoms with Gasteiger partial charge in [0, 0.05) is 10.1 Å². The topological polar surface area (TPSA) is 0 Å². The van der Waals surface area contributed by atoms with E-state index in [2.05, 4.69) is 43.4 Å². The summed E-state index contributed by atoms with van der Waals surface area (Å²) >= 11 is 1.97. The van der Waals surface area contributed by atoms with Crippen LogP contribution in [0.25, 0.3) is 18.2 Å². The summed E-state index contributed by atoms with van der Waals surface area (Å²) in [6, 6.07) is 4.44. The van der Waals surface area contributed by atoms with E-state index in [-0.39, 0.29) is 78.1 Å². The van der Waals surface area contributed by atoms with Gasteiger partial charge < -0.3 is 37.2 Å². The molecule has 2 aliphatic rings.